The van der Waals surface area contributed by atoms with E-state index in [1.165, 1.54) is 24.1 Å². The number of carbonyl (C=O) groups is 1. The Kier molecular flexibility index (Phi) is 5.31. The van der Waals surface area contributed by atoms with Crippen LogP contribution >= 0.6 is 0 Å². The minimum atomic E-state index is -0.0220. The molecule has 4 aromatic rings. The fraction of sp³-hybridized carbons (Fsp3) is 0.280. The number of nitrogens with zero attached hydrogens (tertiary/aromatic N) is 4. The SMILES string of the molecule is COc1ncc(-c2cccc3c(C(=O)N(C)Cc4n[nH]c5c4CCCC5)cccc23)cn1. The summed E-state index contributed by atoms with van der Waals surface area (Å²) in [7, 11) is 3.38. The number of methoxy groups -OCH3 is 1. The maximum atomic E-state index is 13.4. The van der Waals surface area contributed by atoms with Gasteiger partial charge in [-0.25, -0.2) is 9.97 Å². The molecule has 2 aromatic carbocycles. The molecule has 1 N–H and O–H groups in total. The Balaban J connectivity index is 1.47. The van der Waals surface area contributed by atoms with Crippen LogP contribution in [-0.4, -0.2) is 45.1 Å². The number of carbonyl (C=O) groups excluding carboxylic acids is 1. The van der Waals surface area contributed by atoms with Gasteiger partial charge in [-0.1, -0.05) is 30.3 Å². The number of ether oxygens (including phenoxy) is 1. The first kappa shape index (κ1) is 20.2. The second kappa shape index (κ2) is 8.42. The summed E-state index contributed by atoms with van der Waals surface area (Å²) in [5.74, 6) is -0.0220. The van der Waals surface area contributed by atoms with Gasteiger partial charge in [-0.3, -0.25) is 9.89 Å². The number of fused-ring (bicyclic) bond motifs is 2. The van der Waals surface area contributed by atoms with Gasteiger partial charge < -0.3 is 9.64 Å². The topological polar surface area (TPSA) is 84.0 Å². The van der Waals surface area contributed by atoms with Crippen molar-refractivity contribution in [1.29, 1.82) is 0 Å². The number of H-pyrrole nitrogens is 1. The Bertz CT molecular complexity index is 1280. The van der Waals surface area contributed by atoms with Crippen LogP contribution in [-0.2, 0) is 19.4 Å². The molecule has 32 heavy (non-hydrogen) atoms. The molecule has 7 heteroatoms. The lowest BCUT2D eigenvalue weighted by Gasteiger charge is -2.19. The predicted octanol–water partition coefficient (Wildman–Crippen LogP) is 4.18. The largest absolute Gasteiger partial charge is 0.467 e. The van der Waals surface area contributed by atoms with Crippen molar-refractivity contribution in [2.45, 2.75) is 32.2 Å². The summed E-state index contributed by atoms with van der Waals surface area (Å²) in [5.41, 5.74) is 6.01. The number of aromatic nitrogens is 4. The molecule has 0 radical (unpaired) electrons. The van der Waals surface area contributed by atoms with Gasteiger partial charge in [0.25, 0.3) is 5.91 Å². The number of aryl methyl sites for hydroxylation is 1. The van der Waals surface area contributed by atoms with E-state index in [1.54, 1.807) is 24.4 Å². The molecule has 0 saturated heterocycles. The quantitative estimate of drug-likeness (QED) is 0.517. The maximum Gasteiger partial charge on any atom is 0.316 e. The van der Waals surface area contributed by atoms with Crippen LogP contribution in [0.15, 0.2) is 48.8 Å². The van der Waals surface area contributed by atoms with E-state index in [1.807, 2.05) is 43.4 Å². The molecule has 2 aromatic heterocycles. The Morgan fingerprint density at radius 3 is 2.62 bits per heavy atom. The molecule has 0 aliphatic heterocycles. The molecule has 7 nitrogen and oxygen atoms in total. The van der Waals surface area contributed by atoms with Crippen molar-refractivity contribution >= 4 is 16.7 Å². The van der Waals surface area contributed by atoms with E-state index in [0.29, 0.717) is 18.1 Å². The van der Waals surface area contributed by atoms with Crippen molar-refractivity contribution < 1.29 is 9.53 Å². The molecule has 1 aliphatic carbocycles. The van der Waals surface area contributed by atoms with E-state index >= 15 is 0 Å². The lowest BCUT2D eigenvalue weighted by atomic mass is 9.95. The van der Waals surface area contributed by atoms with E-state index < -0.39 is 0 Å². The first-order chi connectivity index (χ1) is 15.7. The van der Waals surface area contributed by atoms with E-state index in [-0.39, 0.29) is 5.91 Å². The van der Waals surface area contributed by atoms with Crippen molar-refractivity contribution in [2.75, 3.05) is 14.2 Å². The molecule has 162 valence electrons. The molecule has 0 fully saturated rings. The summed E-state index contributed by atoms with van der Waals surface area (Å²) in [5, 5.41) is 9.55. The summed E-state index contributed by atoms with van der Waals surface area (Å²) in [4.78, 5) is 23.6. The molecular weight excluding hydrogens is 402 g/mol. The van der Waals surface area contributed by atoms with E-state index in [4.69, 9.17) is 4.74 Å². The van der Waals surface area contributed by atoms with Crippen molar-refractivity contribution in [1.82, 2.24) is 25.1 Å². The van der Waals surface area contributed by atoms with Crippen LogP contribution in [0.1, 0.15) is 40.2 Å². The minimum Gasteiger partial charge on any atom is -0.467 e. The van der Waals surface area contributed by atoms with Crippen LogP contribution in [0.3, 0.4) is 0 Å². The summed E-state index contributed by atoms with van der Waals surface area (Å²) in [6, 6.07) is 12.1. The van der Waals surface area contributed by atoms with Gasteiger partial charge in [0.2, 0.25) is 0 Å². The van der Waals surface area contributed by atoms with Crippen LogP contribution in [0.2, 0.25) is 0 Å². The fourth-order valence-electron chi connectivity index (χ4n) is 4.49. The summed E-state index contributed by atoms with van der Waals surface area (Å²) >= 11 is 0. The standard InChI is InChI=1S/C25H25N5O2/c1-30(15-23-21-7-3-4-12-22(21)28-29-23)24(31)20-11-6-9-18-17(8-5-10-19(18)20)16-13-26-25(32-2)27-14-16/h5-6,8-11,13-14H,3-4,7,12,15H2,1-2H3,(H,28,29). The molecule has 0 spiro atoms. The number of amides is 1. The third kappa shape index (κ3) is 3.60. The van der Waals surface area contributed by atoms with Gasteiger partial charge in [-0.2, -0.15) is 5.10 Å². The third-order valence-electron chi connectivity index (χ3n) is 6.15. The first-order valence-corrected chi connectivity index (χ1v) is 10.8. The monoisotopic (exact) mass is 427 g/mol. The zero-order valence-corrected chi connectivity index (χ0v) is 18.3. The lowest BCUT2D eigenvalue weighted by Crippen LogP contribution is -2.27. The molecule has 0 atom stereocenters. The Hall–Kier alpha value is -3.74. The second-order valence-corrected chi connectivity index (χ2v) is 8.16. The van der Waals surface area contributed by atoms with E-state index in [2.05, 4.69) is 20.2 Å². The molecule has 1 aliphatic rings. The highest BCUT2D eigenvalue weighted by Gasteiger charge is 2.21. The highest BCUT2D eigenvalue weighted by atomic mass is 16.5. The predicted molar refractivity (Wildman–Crippen MR) is 123 cm³/mol. The number of hydrogen-bond acceptors (Lipinski definition) is 5. The average Bonchev–Trinajstić information content (AvgIpc) is 3.25. The Morgan fingerprint density at radius 2 is 1.81 bits per heavy atom. The summed E-state index contributed by atoms with van der Waals surface area (Å²) < 4.78 is 5.07. The highest BCUT2D eigenvalue weighted by Crippen LogP contribution is 2.31. The maximum absolute atomic E-state index is 13.4. The van der Waals surface area contributed by atoms with Crippen LogP contribution < -0.4 is 4.74 Å². The van der Waals surface area contributed by atoms with Crippen molar-refractivity contribution in [3.05, 3.63) is 71.3 Å². The van der Waals surface area contributed by atoms with Gasteiger partial charge in [0.1, 0.15) is 0 Å². The van der Waals surface area contributed by atoms with Crippen molar-refractivity contribution in [2.24, 2.45) is 0 Å². The van der Waals surface area contributed by atoms with Gasteiger partial charge in [0.15, 0.2) is 0 Å². The van der Waals surface area contributed by atoms with Crippen LogP contribution in [0.25, 0.3) is 21.9 Å². The molecular formula is C25H25N5O2. The highest BCUT2D eigenvalue weighted by molar-refractivity contribution is 6.10. The number of benzene rings is 2. The van der Waals surface area contributed by atoms with Crippen LogP contribution in [0, 0.1) is 0 Å². The Morgan fingerprint density at radius 1 is 1.06 bits per heavy atom. The summed E-state index contributed by atoms with van der Waals surface area (Å²) in [6.07, 6.45) is 7.93. The van der Waals surface area contributed by atoms with Gasteiger partial charge in [-0.15, -0.1) is 0 Å². The zero-order valence-electron chi connectivity index (χ0n) is 18.3. The van der Waals surface area contributed by atoms with Gasteiger partial charge >= 0.3 is 6.01 Å². The molecule has 5 rings (SSSR count). The number of rotatable bonds is 5. The average molecular weight is 428 g/mol. The molecule has 0 saturated carbocycles. The van der Waals surface area contributed by atoms with Crippen molar-refractivity contribution in [3.63, 3.8) is 0 Å². The van der Waals surface area contributed by atoms with Gasteiger partial charge in [0, 0.05) is 36.3 Å². The first-order valence-electron chi connectivity index (χ1n) is 10.8. The third-order valence-corrected chi connectivity index (χ3v) is 6.15. The van der Waals surface area contributed by atoms with Gasteiger partial charge in [-0.05, 0) is 53.6 Å². The second-order valence-electron chi connectivity index (χ2n) is 8.16. The smallest absolute Gasteiger partial charge is 0.316 e. The molecule has 2 heterocycles. The fourth-order valence-corrected chi connectivity index (χ4v) is 4.49. The molecule has 0 bridgehead atoms. The van der Waals surface area contributed by atoms with Crippen molar-refractivity contribution in [3.8, 4) is 17.1 Å². The number of nitrogens with one attached hydrogen (secondary N) is 1. The van der Waals surface area contributed by atoms with Crippen LogP contribution in [0.5, 0.6) is 6.01 Å². The van der Waals surface area contributed by atoms with Gasteiger partial charge in [0.05, 0.1) is 19.3 Å². The Labute approximate surface area is 186 Å². The normalized spacial score (nSPS) is 13.1. The minimum absolute atomic E-state index is 0.0220. The van der Waals surface area contributed by atoms with Crippen LogP contribution in [0.4, 0.5) is 0 Å². The van der Waals surface area contributed by atoms with E-state index in [9.17, 15) is 4.79 Å². The molecule has 1 amide bonds. The zero-order chi connectivity index (χ0) is 22.1. The number of hydrogen-bond donors (Lipinski definition) is 1. The lowest BCUT2D eigenvalue weighted by molar-refractivity contribution is 0.0785. The number of aromatic amines is 1. The summed E-state index contributed by atoms with van der Waals surface area (Å²) in [6.45, 7) is 0.493. The van der Waals surface area contributed by atoms with E-state index in [0.717, 1.165) is 40.4 Å². The molecule has 0 unspecified atom stereocenters.